The molecule has 0 bridgehead atoms. The van der Waals surface area contributed by atoms with Crippen molar-refractivity contribution in [2.75, 3.05) is 14.2 Å². The van der Waals surface area contributed by atoms with Crippen LogP contribution < -0.4 is 15.2 Å². The molecule has 0 fully saturated rings. The van der Waals surface area contributed by atoms with Gasteiger partial charge in [-0.1, -0.05) is 12.1 Å². The van der Waals surface area contributed by atoms with Crippen molar-refractivity contribution in [3.63, 3.8) is 0 Å². The van der Waals surface area contributed by atoms with Crippen molar-refractivity contribution in [2.45, 2.75) is 26.4 Å². The number of nitrogens with zero attached hydrogens (tertiary/aromatic N) is 4. The number of rotatable bonds is 5. The second-order valence-corrected chi connectivity index (χ2v) is 7.92. The van der Waals surface area contributed by atoms with Crippen LogP contribution in [0.4, 0.5) is 0 Å². The van der Waals surface area contributed by atoms with E-state index in [9.17, 15) is 9.90 Å². The first kappa shape index (κ1) is 20.0. The van der Waals surface area contributed by atoms with Crippen LogP contribution in [-0.4, -0.2) is 38.0 Å². The molecule has 8 nitrogen and oxygen atoms in total. The Kier molecular flexibility index (Phi) is 4.77. The zero-order valence-corrected chi connectivity index (χ0v) is 18.2. The summed E-state index contributed by atoms with van der Waals surface area (Å²) in [5, 5.41) is 10.9. The van der Waals surface area contributed by atoms with Crippen LogP contribution in [0.1, 0.15) is 28.2 Å². The van der Waals surface area contributed by atoms with Gasteiger partial charge in [0.15, 0.2) is 0 Å². The molecule has 2 aromatic heterocycles. The molecule has 0 radical (unpaired) electrons. The van der Waals surface area contributed by atoms with Gasteiger partial charge in [0, 0.05) is 18.7 Å². The summed E-state index contributed by atoms with van der Waals surface area (Å²) in [6, 6.07) is 13.1. The van der Waals surface area contributed by atoms with Crippen molar-refractivity contribution in [2.24, 2.45) is 0 Å². The normalized spacial score (nSPS) is 12.3. The van der Waals surface area contributed by atoms with Crippen LogP contribution in [0.25, 0.3) is 5.69 Å². The van der Waals surface area contributed by atoms with Crippen LogP contribution in [0, 0.1) is 6.92 Å². The number of hydrogen-bond acceptors (Lipinski definition) is 5. The number of aryl methyl sites for hydroxylation is 1. The Balaban J connectivity index is 1.48. The van der Waals surface area contributed by atoms with Crippen LogP contribution in [0.5, 0.6) is 17.4 Å². The van der Waals surface area contributed by atoms with Crippen LogP contribution >= 0.6 is 0 Å². The standard InChI is InChI=1S/C24H24N4O4/c1-15-10-16(4-9-22(15)32-3)12-26-14-25-19-13-27-21(11-20(19)26)23(29)28(24(27)30)17-5-7-18(31-2)8-6-17/h4-10,14,29H,11-13H2,1-3H3. The molecule has 0 aliphatic carbocycles. The second-order valence-electron chi connectivity index (χ2n) is 7.92. The third-order valence-electron chi connectivity index (χ3n) is 6.04. The quantitative estimate of drug-likeness (QED) is 0.462. The average Bonchev–Trinajstić information content (AvgIpc) is 3.30. The molecular formula is C24H24N4O4. The minimum absolute atomic E-state index is 0.0427. The molecule has 0 saturated carbocycles. The molecule has 0 amide bonds. The molecule has 0 saturated heterocycles. The van der Waals surface area contributed by atoms with E-state index >= 15 is 0 Å². The number of fused-ring (bicyclic) bond motifs is 2. The maximum atomic E-state index is 13.1. The van der Waals surface area contributed by atoms with E-state index in [0.717, 1.165) is 28.3 Å². The lowest BCUT2D eigenvalue weighted by atomic mass is 10.1. The van der Waals surface area contributed by atoms with Crippen LogP contribution in [0.15, 0.2) is 53.6 Å². The van der Waals surface area contributed by atoms with Gasteiger partial charge in [0.05, 0.1) is 44.2 Å². The lowest BCUT2D eigenvalue weighted by Crippen LogP contribution is -2.27. The van der Waals surface area contributed by atoms with Crippen molar-refractivity contribution in [1.82, 2.24) is 18.7 Å². The molecule has 1 N–H and O–H groups in total. The Morgan fingerprint density at radius 3 is 2.53 bits per heavy atom. The highest BCUT2D eigenvalue weighted by molar-refractivity contribution is 5.44. The minimum atomic E-state index is -0.284. The Hall–Kier alpha value is -3.94. The number of ether oxygens (including phenoxy) is 2. The number of imidazole rings is 2. The third-order valence-corrected chi connectivity index (χ3v) is 6.04. The lowest BCUT2D eigenvalue weighted by Gasteiger charge is -2.17. The van der Waals surface area contributed by atoms with Gasteiger partial charge >= 0.3 is 5.69 Å². The first-order chi connectivity index (χ1) is 15.5. The van der Waals surface area contributed by atoms with E-state index in [1.54, 1.807) is 49.4 Å². The predicted molar refractivity (Wildman–Crippen MR) is 119 cm³/mol. The van der Waals surface area contributed by atoms with Crippen molar-refractivity contribution >= 4 is 0 Å². The van der Waals surface area contributed by atoms with Gasteiger partial charge in [-0.15, -0.1) is 0 Å². The Bertz CT molecular complexity index is 1360. The number of hydrogen-bond donors (Lipinski definition) is 1. The van der Waals surface area contributed by atoms with Crippen molar-refractivity contribution < 1.29 is 14.6 Å². The van der Waals surface area contributed by atoms with Gasteiger partial charge < -0.3 is 19.1 Å². The molecule has 0 spiro atoms. The van der Waals surface area contributed by atoms with Crippen molar-refractivity contribution in [3.05, 3.63) is 87.5 Å². The Morgan fingerprint density at radius 1 is 1.06 bits per heavy atom. The Morgan fingerprint density at radius 2 is 1.84 bits per heavy atom. The fourth-order valence-electron chi connectivity index (χ4n) is 4.34. The maximum Gasteiger partial charge on any atom is 0.336 e. The summed E-state index contributed by atoms with van der Waals surface area (Å²) in [6.07, 6.45) is 2.23. The van der Waals surface area contributed by atoms with E-state index in [1.165, 1.54) is 4.57 Å². The summed E-state index contributed by atoms with van der Waals surface area (Å²) >= 11 is 0. The van der Waals surface area contributed by atoms with E-state index in [4.69, 9.17) is 9.47 Å². The molecule has 1 aliphatic heterocycles. The summed E-state index contributed by atoms with van der Waals surface area (Å²) in [4.78, 5) is 17.6. The first-order valence-electron chi connectivity index (χ1n) is 10.3. The van der Waals surface area contributed by atoms with E-state index in [0.29, 0.717) is 36.6 Å². The largest absolute Gasteiger partial charge is 0.497 e. The van der Waals surface area contributed by atoms with Gasteiger partial charge in [0.2, 0.25) is 5.88 Å². The topological polar surface area (TPSA) is 83.4 Å². The third kappa shape index (κ3) is 3.15. The van der Waals surface area contributed by atoms with Gasteiger partial charge in [0.25, 0.3) is 0 Å². The van der Waals surface area contributed by atoms with Gasteiger partial charge in [0.1, 0.15) is 11.5 Å². The summed E-state index contributed by atoms with van der Waals surface area (Å²) < 4.78 is 15.5. The molecule has 2 aromatic carbocycles. The van der Waals surface area contributed by atoms with E-state index in [1.807, 2.05) is 19.1 Å². The SMILES string of the molecule is COc1ccc(-n2c(O)c3n(c2=O)Cc2ncn(Cc4ccc(OC)c(C)c4)c2C3)cc1. The molecule has 3 heterocycles. The molecule has 8 heteroatoms. The van der Waals surface area contributed by atoms with Gasteiger partial charge in [-0.2, -0.15) is 0 Å². The zero-order valence-electron chi connectivity index (χ0n) is 18.2. The van der Waals surface area contributed by atoms with E-state index in [2.05, 4.69) is 15.6 Å². The highest BCUT2D eigenvalue weighted by Gasteiger charge is 2.28. The minimum Gasteiger partial charge on any atom is -0.497 e. The Labute approximate surface area is 184 Å². The van der Waals surface area contributed by atoms with Gasteiger partial charge in [-0.05, 0) is 48.4 Å². The molecular weight excluding hydrogens is 408 g/mol. The monoisotopic (exact) mass is 432 g/mol. The van der Waals surface area contributed by atoms with Gasteiger partial charge in [-0.3, -0.25) is 4.57 Å². The average molecular weight is 432 g/mol. The van der Waals surface area contributed by atoms with Crippen molar-refractivity contribution in [1.29, 1.82) is 0 Å². The molecule has 1 aliphatic rings. The number of benzene rings is 2. The predicted octanol–water partition coefficient (Wildman–Crippen LogP) is 2.87. The van der Waals surface area contributed by atoms with Crippen molar-refractivity contribution in [3.8, 4) is 23.1 Å². The molecule has 5 rings (SSSR count). The lowest BCUT2D eigenvalue weighted by molar-refractivity contribution is 0.411. The molecule has 0 unspecified atom stereocenters. The van der Waals surface area contributed by atoms with E-state index in [-0.39, 0.29) is 11.6 Å². The summed E-state index contributed by atoms with van der Waals surface area (Å²) in [6.45, 7) is 3.00. The van der Waals surface area contributed by atoms with Crippen LogP contribution in [0.3, 0.4) is 0 Å². The number of methoxy groups -OCH3 is 2. The molecule has 0 atom stereocenters. The summed E-state index contributed by atoms with van der Waals surface area (Å²) in [5.74, 6) is 1.50. The highest BCUT2D eigenvalue weighted by Crippen LogP contribution is 2.30. The fourth-order valence-corrected chi connectivity index (χ4v) is 4.34. The number of aromatic hydroxyl groups is 1. The maximum absolute atomic E-state index is 13.1. The first-order valence-corrected chi connectivity index (χ1v) is 10.3. The highest BCUT2D eigenvalue weighted by atomic mass is 16.5. The fraction of sp³-hybridized carbons (Fsp3) is 0.250. The second kappa shape index (κ2) is 7.64. The molecule has 32 heavy (non-hydrogen) atoms. The molecule has 164 valence electrons. The van der Waals surface area contributed by atoms with E-state index < -0.39 is 0 Å². The number of aromatic nitrogens is 4. The summed E-state index contributed by atoms with van der Waals surface area (Å²) in [5.41, 5.74) is 4.94. The molecule has 4 aromatic rings. The van der Waals surface area contributed by atoms with Crippen LogP contribution in [-0.2, 0) is 19.5 Å². The van der Waals surface area contributed by atoms with Crippen LogP contribution in [0.2, 0.25) is 0 Å². The zero-order chi connectivity index (χ0) is 22.4. The smallest absolute Gasteiger partial charge is 0.336 e. The summed E-state index contributed by atoms with van der Waals surface area (Å²) in [7, 11) is 3.25. The van der Waals surface area contributed by atoms with Gasteiger partial charge in [-0.25, -0.2) is 14.3 Å².